The maximum atomic E-state index is 11.7. The number of carbonyl (C=O) groups excluding carboxylic acids is 1. The molecule has 16 heavy (non-hydrogen) atoms. The zero-order valence-corrected chi connectivity index (χ0v) is 9.65. The fraction of sp³-hybridized carbons (Fsp3) is 0.500. The first-order valence-electron chi connectivity index (χ1n) is 5.62. The number of amides is 1. The van der Waals surface area contributed by atoms with Crippen LogP contribution in [0.3, 0.4) is 0 Å². The van der Waals surface area contributed by atoms with E-state index < -0.39 is 0 Å². The molecule has 1 saturated heterocycles. The third-order valence-corrected chi connectivity index (χ3v) is 2.89. The summed E-state index contributed by atoms with van der Waals surface area (Å²) in [5.41, 5.74) is 1.97. The maximum absolute atomic E-state index is 11.7. The second kappa shape index (κ2) is 4.51. The van der Waals surface area contributed by atoms with E-state index in [2.05, 4.69) is 11.6 Å². The van der Waals surface area contributed by atoms with Gasteiger partial charge in [0.2, 0.25) is 5.91 Å². The summed E-state index contributed by atoms with van der Waals surface area (Å²) in [5.74, 6) is 0.201. The molecular formula is C12H17N3O. The van der Waals surface area contributed by atoms with Crippen molar-refractivity contribution in [3.63, 3.8) is 0 Å². The zero-order chi connectivity index (χ0) is 11.5. The van der Waals surface area contributed by atoms with Crippen LogP contribution in [0.4, 0.5) is 0 Å². The first-order chi connectivity index (χ1) is 7.66. The number of hydrogen-bond acceptors (Lipinski definition) is 2. The predicted octanol–water partition coefficient (Wildman–Crippen LogP) is 1.49. The Hall–Kier alpha value is -1.58. The van der Waals surface area contributed by atoms with Crippen molar-refractivity contribution in [3.05, 3.63) is 30.5 Å². The largest absolute Gasteiger partial charge is 0.340 e. The predicted molar refractivity (Wildman–Crippen MR) is 61.6 cm³/mol. The van der Waals surface area contributed by atoms with Gasteiger partial charge in [0.25, 0.3) is 0 Å². The molecule has 0 atom stereocenters. The molecule has 0 aliphatic carbocycles. The summed E-state index contributed by atoms with van der Waals surface area (Å²) in [5, 5.41) is 0. The molecule has 2 heterocycles. The summed E-state index contributed by atoms with van der Waals surface area (Å²) in [7, 11) is 1.95. The summed E-state index contributed by atoms with van der Waals surface area (Å²) >= 11 is 0. The lowest BCUT2D eigenvalue weighted by atomic mass is 10.1. The lowest BCUT2D eigenvalue weighted by molar-refractivity contribution is -0.130. The Bertz CT molecular complexity index is 392. The van der Waals surface area contributed by atoms with Gasteiger partial charge in [0, 0.05) is 38.3 Å². The van der Waals surface area contributed by atoms with Crippen molar-refractivity contribution in [2.75, 3.05) is 6.54 Å². The van der Waals surface area contributed by atoms with E-state index in [0.717, 1.165) is 30.7 Å². The third kappa shape index (κ3) is 2.32. The highest BCUT2D eigenvalue weighted by atomic mass is 16.2. The smallest absolute Gasteiger partial charge is 0.226 e. The van der Waals surface area contributed by atoms with Crippen molar-refractivity contribution in [2.45, 2.75) is 25.7 Å². The number of carbonyl (C=O) groups is 1. The van der Waals surface area contributed by atoms with Crippen LogP contribution < -0.4 is 0 Å². The van der Waals surface area contributed by atoms with Gasteiger partial charge in [-0.1, -0.05) is 6.58 Å². The minimum Gasteiger partial charge on any atom is -0.340 e. The van der Waals surface area contributed by atoms with Crippen LogP contribution in [0.5, 0.6) is 0 Å². The number of hydrogen-bond donors (Lipinski definition) is 0. The SMILES string of the molecule is C=C1CCCC(=O)N1CCc1cn(C)cn1. The number of nitrogens with zero attached hydrogens (tertiary/aromatic N) is 3. The molecule has 4 heteroatoms. The highest BCUT2D eigenvalue weighted by Gasteiger charge is 2.21. The van der Waals surface area contributed by atoms with Crippen LogP contribution in [-0.2, 0) is 18.3 Å². The second-order valence-corrected chi connectivity index (χ2v) is 4.25. The van der Waals surface area contributed by atoms with Crippen molar-refractivity contribution < 1.29 is 4.79 Å². The fourth-order valence-corrected chi connectivity index (χ4v) is 2.00. The highest BCUT2D eigenvalue weighted by Crippen LogP contribution is 2.19. The van der Waals surface area contributed by atoms with Crippen LogP contribution in [-0.4, -0.2) is 26.9 Å². The van der Waals surface area contributed by atoms with E-state index in [0.29, 0.717) is 13.0 Å². The highest BCUT2D eigenvalue weighted by molar-refractivity contribution is 5.79. The molecule has 1 aliphatic rings. The number of piperidine rings is 1. The summed E-state index contributed by atoms with van der Waals surface area (Å²) in [6.07, 6.45) is 7.10. The summed E-state index contributed by atoms with van der Waals surface area (Å²) in [6.45, 7) is 4.65. The molecule has 1 aromatic heterocycles. The monoisotopic (exact) mass is 219 g/mol. The standard InChI is InChI=1S/C12H17N3O/c1-10-4-3-5-12(16)15(10)7-6-11-8-14(2)9-13-11/h8-9H,1,3-7H2,2H3. The summed E-state index contributed by atoms with van der Waals surface area (Å²) < 4.78 is 1.92. The van der Waals surface area contributed by atoms with Crippen molar-refractivity contribution >= 4 is 5.91 Å². The molecule has 0 unspecified atom stereocenters. The number of aromatic nitrogens is 2. The van der Waals surface area contributed by atoms with Crippen molar-refractivity contribution in [3.8, 4) is 0 Å². The van der Waals surface area contributed by atoms with Gasteiger partial charge in [-0.2, -0.15) is 0 Å². The molecule has 1 aromatic rings. The summed E-state index contributed by atoms with van der Waals surface area (Å²) in [4.78, 5) is 17.7. The van der Waals surface area contributed by atoms with Crippen LogP contribution in [0.25, 0.3) is 0 Å². The van der Waals surface area contributed by atoms with Gasteiger partial charge >= 0.3 is 0 Å². The molecule has 0 N–H and O–H groups in total. The number of rotatable bonds is 3. The average Bonchev–Trinajstić information content (AvgIpc) is 2.63. The Morgan fingerprint density at radius 3 is 2.94 bits per heavy atom. The summed E-state index contributed by atoms with van der Waals surface area (Å²) in [6, 6.07) is 0. The first-order valence-corrected chi connectivity index (χ1v) is 5.62. The van der Waals surface area contributed by atoms with Gasteiger partial charge in [-0.25, -0.2) is 4.98 Å². The van der Waals surface area contributed by atoms with E-state index in [1.807, 2.05) is 17.8 Å². The van der Waals surface area contributed by atoms with Gasteiger partial charge in [0.05, 0.1) is 12.0 Å². The van der Waals surface area contributed by atoms with Crippen molar-refractivity contribution in [2.24, 2.45) is 7.05 Å². The van der Waals surface area contributed by atoms with Crippen molar-refractivity contribution in [1.29, 1.82) is 0 Å². The van der Waals surface area contributed by atoms with Gasteiger partial charge in [0.15, 0.2) is 0 Å². The lowest BCUT2D eigenvalue weighted by Crippen LogP contribution is -2.34. The van der Waals surface area contributed by atoms with E-state index in [9.17, 15) is 4.79 Å². The number of allylic oxidation sites excluding steroid dienone is 1. The van der Waals surface area contributed by atoms with Crippen LogP contribution in [0.2, 0.25) is 0 Å². The molecule has 0 radical (unpaired) electrons. The van der Waals surface area contributed by atoms with Gasteiger partial charge < -0.3 is 9.47 Å². The Kier molecular flexibility index (Phi) is 3.08. The fourth-order valence-electron chi connectivity index (χ4n) is 2.00. The van der Waals surface area contributed by atoms with Gasteiger partial charge in [-0.15, -0.1) is 0 Å². The second-order valence-electron chi connectivity index (χ2n) is 4.25. The van der Waals surface area contributed by atoms with Gasteiger partial charge in [0.1, 0.15) is 0 Å². The van der Waals surface area contributed by atoms with Gasteiger partial charge in [-0.05, 0) is 12.8 Å². The number of imidazole rings is 1. The van der Waals surface area contributed by atoms with Crippen LogP contribution in [0, 0.1) is 0 Å². The Labute approximate surface area is 95.6 Å². The van der Waals surface area contributed by atoms with Gasteiger partial charge in [-0.3, -0.25) is 4.79 Å². The van der Waals surface area contributed by atoms with E-state index in [1.54, 1.807) is 11.2 Å². The quantitative estimate of drug-likeness (QED) is 0.772. The molecule has 4 nitrogen and oxygen atoms in total. The molecule has 2 rings (SSSR count). The Morgan fingerprint density at radius 1 is 1.50 bits per heavy atom. The molecular weight excluding hydrogens is 202 g/mol. The van der Waals surface area contributed by atoms with Crippen LogP contribution in [0.1, 0.15) is 25.0 Å². The number of likely N-dealkylation sites (tertiary alicyclic amines) is 1. The maximum Gasteiger partial charge on any atom is 0.226 e. The van der Waals surface area contributed by atoms with E-state index in [1.165, 1.54) is 0 Å². The minimum absolute atomic E-state index is 0.201. The lowest BCUT2D eigenvalue weighted by Gasteiger charge is -2.28. The molecule has 1 amide bonds. The third-order valence-electron chi connectivity index (χ3n) is 2.89. The molecule has 0 bridgehead atoms. The Morgan fingerprint density at radius 2 is 2.31 bits per heavy atom. The van der Waals surface area contributed by atoms with Crippen molar-refractivity contribution in [1.82, 2.24) is 14.5 Å². The molecule has 1 aliphatic heterocycles. The van der Waals surface area contributed by atoms with E-state index >= 15 is 0 Å². The molecule has 86 valence electrons. The molecule has 0 aromatic carbocycles. The van der Waals surface area contributed by atoms with E-state index in [4.69, 9.17) is 0 Å². The number of aryl methyl sites for hydroxylation is 1. The molecule has 1 fully saturated rings. The minimum atomic E-state index is 0.201. The zero-order valence-electron chi connectivity index (χ0n) is 9.65. The first kappa shape index (κ1) is 10.9. The topological polar surface area (TPSA) is 38.1 Å². The average molecular weight is 219 g/mol. The molecule has 0 spiro atoms. The van der Waals surface area contributed by atoms with E-state index in [-0.39, 0.29) is 5.91 Å². The van der Waals surface area contributed by atoms with Crippen LogP contribution >= 0.6 is 0 Å². The normalized spacial score (nSPS) is 16.9. The van der Waals surface area contributed by atoms with Crippen LogP contribution in [0.15, 0.2) is 24.8 Å². The Balaban J connectivity index is 1.93. The molecule has 0 saturated carbocycles.